The standard InChI is InChI=1S/C21H21FN2O2/c1-13-8-15(2-3-19(13)22)20-11-14(4-6-23-20)16-5-7-24(12-16)21(26)17-9-18(25)10-17/h2-4,6,8,11,16-17H,5,7,9-10,12H2,1H3/t16-/m0/s1. The number of ketones is 1. The van der Waals surface area contributed by atoms with Gasteiger partial charge in [-0.25, -0.2) is 4.39 Å². The van der Waals surface area contributed by atoms with E-state index in [-0.39, 0.29) is 29.3 Å². The molecule has 4 nitrogen and oxygen atoms in total. The van der Waals surface area contributed by atoms with Crippen LogP contribution in [0.3, 0.4) is 0 Å². The number of carbonyl (C=O) groups is 2. The van der Waals surface area contributed by atoms with Crippen LogP contribution in [0.15, 0.2) is 36.5 Å². The fourth-order valence-corrected chi connectivity index (χ4v) is 3.82. The second kappa shape index (κ2) is 6.63. The quantitative estimate of drug-likeness (QED) is 0.850. The number of halogens is 1. The van der Waals surface area contributed by atoms with Crippen molar-refractivity contribution in [3.05, 3.63) is 53.5 Å². The molecule has 1 atom stereocenters. The Morgan fingerprint density at radius 1 is 1.23 bits per heavy atom. The lowest BCUT2D eigenvalue weighted by Gasteiger charge is -2.28. The van der Waals surface area contributed by atoms with Gasteiger partial charge in [0.2, 0.25) is 5.91 Å². The molecular weight excluding hydrogens is 331 g/mol. The van der Waals surface area contributed by atoms with E-state index in [2.05, 4.69) is 4.98 Å². The highest BCUT2D eigenvalue weighted by molar-refractivity contribution is 5.96. The van der Waals surface area contributed by atoms with E-state index in [0.29, 0.717) is 24.9 Å². The Balaban J connectivity index is 1.49. The maximum Gasteiger partial charge on any atom is 0.226 e. The summed E-state index contributed by atoms with van der Waals surface area (Å²) in [6, 6.07) is 9.05. The molecule has 2 aromatic rings. The number of Topliss-reactive ketones (excluding diaryl/α,β-unsaturated/α-hetero) is 1. The third-order valence-corrected chi connectivity index (χ3v) is 5.51. The zero-order valence-corrected chi connectivity index (χ0v) is 14.7. The molecule has 2 aliphatic rings. The second-order valence-corrected chi connectivity index (χ2v) is 7.35. The average molecular weight is 352 g/mol. The molecular formula is C21H21FN2O2. The Kier molecular flexibility index (Phi) is 4.31. The first-order valence-corrected chi connectivity index (χ1v) is 9.04. The van der Waals surface area contributed by atoms with Crippen LogP contribution < -0.4 is 0 Å². The third-order valence-electron chi connectivity index (χ3n) is 5.51. The SMILES string of the molecule is Cc1cc(-c2cc([C@H]3CCN(C(=O)C4CC(=O)C4)C3)ccn2)ccc1F. The monoisotopic (exact) mass is 352 g/mol. The maximum atomic E-state index is 13.5. The van der Waals surface area contributed by atoms with E-state index in [4.69, 9.17) is 0 Å². The van der Waals surface area contributed by atoms with Crippen LogP contribution in [-0.4, -0.2) is 34.7 Å². The summed E-state index contributed by atoms with van der Waals surface area (Å²) in [5.74, 6) is 0.266. The topological polar surface area (TPSA) is 50.3 Å². The fourth-order valence-electron chi connectivity index (χ4n) is 3.82. The lowest BCUT2D eigenvalue weighted by Crippen LogP contribution is -2.40. The van der Waals surface area contributed by atoms with Crippen LogP contribution >= 0.6 is 0 Å². The number of nitrogens with zero attached hydrogens (tertiary/aromatic N) is 2. The number of rotatable bonds is 3. The first-order valence-electron chi connectivity index (χ1n) is 9.04. The molecule has 26 heavy (non-hydrogen) atoms. The zero-order chi connectivity index (χ0) is 18.3. The molecule has 0 N–H and O–H groups in total. The Bertz CT molecular complexity index is 872. The minimum absolute atomic E-state index is 0.101. The molecule has 1 aromatic carbocycles. The van der Waals surface area contributed by atoms with E-state index in [9.17, 15) is 14.0 Å². The maximum absolute atomic E-state index is 13.5. The van der Waals surface area contributed by atoms with E-state index in [1.54, 1.807) is 25.3 Å². The van der Waals surface area contributed by atoms with Crippen LogP contribution in [0.5, 0.6) is 0 Å². The lowest BCUT2D eigenvalue weighted by atomic mass is 9.83. The minimum atomic E-state index is -0.218. The Morgan fingerprint density at radius 3 is 2.77 bits per heavy atom. The van der Waals surface area contributed by atoms with Gasteiger partial charge in [-0.1, -0.05) is 0 Å². The number of hydrogen-bond acceptors (Lipinski definition) is 3. The number of aryl methyl sites for hydroxylation is 1. The number of benzene rings is 1. The highest BCUT2D eigenvalue weighted by atomic mass is 19.1. The number of hydrogen-bond donors (Lipinski definition) is 0. The molecule has 0 bridgehead atoms. The number of likely N-dealkylation sites (tertiary alicyclic amines) is 1. The van der Waals surface area contributed by atoms with Gasteiger partial charge in [-0.2, -0.15) is 0 Å². The van der Waals surface area contributed by atoms with Gasteiger partial charge in [0.15, 0.2) is 0 Å². The molecule has 1 aromatic heterocycles. The van der Waals surface area contributed by atoms with Crippen molar-refractivity contribution in [1.82, 2.24) is 9.88 Å². The minimum Gasteiger partial charge on any atom is -0.342 e. The summed E-state index contributed by atoms with van der Waals surface area (Å²) >= 11 is 0. The summed E-state index contributed by atoms with van der Waals surface area (Å²) in [5.41, 5.74) is 3.46. The van der Waals surface area contributed by atoms with Crippen LogP contribution in [0.4, 0.5) is 4.39 Å². The van der Waals surface area contributed by atoms with Crippen molar-refractivity contribution >= 4 is 11.7 Å². The Hall–Kier alpha value is -2.56. The summed E-state index contributed by atoms with van der Waals surface area (Å²) < 4.78 is 13.5. The van der Waals surface area contributed by atoms with E-state index in [0.717, 1.165) is 29.8 Å². The highest BCUT2D eigenvalue weighted by Gasteiger charge is 2.38. The number of carbonyl (C=O) groups excluding carboxylic acids is 2. The third kappa shape index (κ3) is 3.14. The number of amides is 1. The second-order valence-electron chi connectivity index (χ2n) is 7.35. The van der Waals surface area contributed by atoms with Gasteiger partial charge >= 0.3 is 0 Å². The van der Waals surface area contributed by atoms with E-state index >= 15 is 0 Å². The summed E-state index contributed by atoms with van der Waals surface area (Å²) in [7, 11) is 0. The fraction of sp³-hybridized carbons (Fsp3) is 0.381. The van der Waals surface area contributed by atoms with E-state index in [1.165, 1.54) is 6.07 Å². The molecule has 134 valence electrons. The van der Waals surface area contributed by atoms with Gasteiger partial charge in [0, 0.05) is 43.6 Å². The van der Waals surface area contributed by atoms with Crippen LogP contribution in [0.1, 0.15) is 36.3 Å². The molecule has 2 fully saturated rings. The van der Waals surface area contributed by atoms with Crippen molar-refractivity contribution in [2.45, 2.75) is 32.1 Å². The van der Waals surface area contributed by atoms with Crippen molar-refractivity contribution in [2.75, 3.05) is 13.1 Å². The molecule has 0 radical (unpaired) electrons. The zero-order valence-electron chi connectivity index (χ0n) is 14.7. The van der Waals surface area contributed by atoms with Crippen LogP contribution in [0, 0.1) is 18.7 Å². The van der Waals surface area contributed by atoms with Crippen LogP contribution in [-0.2, 0) is 9.59 Å². The summed E-state index contributed by atoms with van der Waals surface area (Å²) in [5, 5.41) is 0. The summed E-state index contributed by atoms with van der Waals surface area (Å²) in [6.45, 7) is 3.17. The molecule has 1 aliphatic heterocycles. The number of pyridine rings is 1. The van der Waals surface area contributed by atoms with E-state index in [1.807, 2.05) is 17.0 Å². The van der Waals surface area contributed by atoms with Gasteiger partial charge in [-0.15, -0.1) is 0 Å². The van der Waals surface area contributed by atoms with Gasteiger partial charge in [-0.05, 0) is 54.8 Å². The van der Waals surface area contributed by atoms with Crippen molar-refractivity contribution < 1.29 is 14.0 Å². The van der Waals surface area contributed by atoms with Gasteiger partial charge in [-0.3, -0.25) is 14.6 Å². The molecule has 1 aliphatic carbocycles. The van der Waals surface area contributed by atoms with Crippen molar-refractivity contribution in [3.63, 3.8) is 0 Å². The first-order chi connectivity index (χ1) is 12.5. The van der Waals surface area contributed by atoms with Gasteiger partial charge in [0.25, 0.3) is 0 Å². The molecule has 4 rings (SSSR count). The summed E-state index contributed by atoms with van der Waals surface area (Å²) in [4.78, 5) is 29.9. The Morgan fingerprint density at radius 2 is 2.04 bits per heavy atom. The van der Waals surface area contributed by atoms with Crippen molar-refractivity contribution in [3.8, 4) is 11.3 Å². The van der Waals surface area contributed by atoms with Gasteiger partial charge < -0.3 is 4.90 Å². The molecule has 0 spiro atoms. The molecule has 1 saturated carbocycles. The smallest absolute Gasteiger partial charge is 0.226 e. The predicted molar refractivity (Wildman–Crippen MR) is 96.0 cm³/mol. The number of aromatic nitrogens is 1. The molecule has 0 unspecified atom stereocenters. The van der Waals surface area contributed by atoms with Crippen molar-refractivity contribution in [1.29, 1.82) is 0 Å². The Labute approximate surface area is 152 Å². The first kappa shape index (κ1) is 16.9. The lowest BCUT2D eigenvalue weighted by molar-refractivity contribution is -0.144. The molecule has 1 amide bonds. The van der Waals surface area contributed by atoms with Crippen LogP contribution in [0.25, 0.3) is 11.3 Å². The highest BCUT2D eigenvalue weighted by Crippen LogP contribution is 2.33. The normalized spacial score (nSPS) is 20.3. The van der Waals surface area contributed by atoms with Crippen LogP contribution in [0.2, 0.25) is 0 Å². The van der Waals surface area contributed by atoms with Crippen molar-refractivity contribution in [2.24, 2.45) is 5.92 Å². The van der Waals surface area contributed by atoms with Gasteiger partial charge in [0.1, 0.15) is 11.6 Å². The average Bonchev–Trinajstić information content (AvgIpc) is 3.11. The van der Waals surface area contributed by atoms with Gasteiger partial charge in [0.05, 0.1) is 11.6 Å². The largest absolute Gasteiger partial charge is 0.342 e. The predicted octanol–water partition coefficient (Wildman–Crippen LogP) is 3.49. The van der Waals surface area contributed by atoms with E-state index < -0.39 is 0 Å². The summed E-state index contributed by atoms with van der Waals surface area (Å²) in [6.07, 6.45) is 3.50. The molecule has 1 saturated heterocycles. The molecule has 2 heterocycles. The molecule has 5 heteroatoms.